The van der Waals surface area contributed by atoms with E-state index in [4.69, 9.17) is 5.73 Å². The Balaban J connectivity index is 1.89. The van der Waals surface area contributed by atoms with Crippen LogP contribution in [0.1, 0.15) is 30.0 Å². The van der Waals surface area contributed by atoms with Crippen molar-refractivity contribution in [2.75, 3.05) is 25.5 Å². The summed E-state index contributed by atoms with van der Waals surface area (Å²) in [5.41, 5.74) is 6.99. The maximum Gasteiger partial charge on any atom is 0.417 e. The third-order valence-corrected chi connectivity index (χ3v) is 6.06. The van der Waals surface area contributed by atoms with Gasteiger partial charge in [0.05, 0.1) is 18.2 Å². The molecule has 2 heterocycles. The van der Waals surface area contributed by atoms with Crippen molar-refractivity contribution in [3.05, 3.63) is 65.0 Å². The van der Waals surface area contributed by atoms with E-state index >= 15 is 0 Å². The number of rotatable bonds is 6. The summed E-state index contributed by atoms with van der Waals surface area (Å²) >= 11 is 0. The number of halogens is 5. The number of likely N-dealkylation sites (tertiary alicyclic amines) is 1. The van der Waals surface area contributed by atoms with Crippen LogP contribution in [0.15, 0.2) is 53.3 Å². The zero-order valence-corrected chi connectivity index (χ0v) is 20.1. The van der Waals surface area contributed by atoms with E-state index in [1.165, 1.54) is 13.3 Å². The van der Waals surface area contributed by atoms with Crippen LogP contribution in [-0.4, -0.2) is 54.1 Å². The Morgan fingerprint density at radius 1 is 1.25 bits per heavy atom. The normalized spacial score (nSPS) is 20.8. The highest BCUT2D eigenvalue weighted by Crippen LogP contribution is 2.35. The van der Waals surface area contributed by atoms with Crippen molar-refractivity contribution in [3.63, 3.8) is 0 Å². The molecule has 6 nitrogen and oxygen atoms in total. The molecule has 1 aromatic heterocycles. The number of anilines is 1. The number of aromatic nitrogens is 1. The smallest absolute Gasteiger partial charge is 0.394 e. The summed E-state index contributed by atoms with van der Waals surface area (Å²) in [7, 11) is 1.51. The minimum atomic E-state index is -4.53. The van der Waals surface area contributed by atoms with Gasteiger partial charge in [-0.05, 0) is 30.5 Å². The fourth-order valence-electron chi connectivity index (χ4n) is 4.19. The number of hydrogen-bond donors (Lipinski definition) is 2. The molecular weight excluding hydrogens is 481 g/mol. The molecule has 36 heavy (non-hydrogen) atoms. The molecule has 0 spiro atoms. The number of benzene rings is 1. The first-order chi connectivity index (χ1) is 16.8. The summed E-state index contributed by atoms with van der Waals surface area (Å²) in [5.74, 6) is -4.40. The van der Waals surface area contributed by atoms with Gasteiger partial charge in [0.15, 0.2) is 0 Å². The van der Waals surface area contributed by atoms with Crippen LogP contribution < -0.4 is 11.1 Å². The third-order valence-electron chi connectivity index (χ3n) is 6.06. The monoisotopic (exact) mass is 509 g/mol. The number of amides is 1. The minimum absolute atomic E-state index is 0.00361. The number of alkyl halides is 5. The number of nitrogens with one attached hydrogen (secondary N) is 1. The van der Waals surface area contributed by atoms with Crippen molar-refractivity contribution in [2.45, 2.75) is 38.4 Å². The number of allylic oxidation sites excluding steroid dienone is 1. The maximum atomic E-state index is 14.5. The molecule has 0 aliphatic carbocycles. The number of pyridine rings is 1. The van der Waals surface area contributed by atoms with E-state index in [0.29, 0.717) is 17.3 Å². The number of carbonyl (C=O) groups excluding carboxylic acids is 1. The number of aliphatic imine (C=N–C) groups is 1. The second-order valence-corrected chi connectivity index (χ2v) is 8.93. The van der Waals surface area contributed by atoms with E-state index in [9.17, 15) is 26.7 Å². The van der Waals surface area contributed by atoms with E-state index in [0.717, 1.165) is 22.6 Å². The molecule has 194 valence electrons. The summed E-state index contributed by atoms with van der Waals surface area (Å²) in [6.45, 7) is 2.65. The Morgan fingerprint density at radius 2 is 1.92 bits per heavy atom. The number of piperidine rings is 1. The van der Waals surface area contributed by atoms with Crippen molar-refractivity contribution in [2.24, 2.45) is 16.6 Å². The van der Waals surface area contributed by atoms with Gasteiger partial charge in [0.2, 0.25) is 0 Å². The van der Waals surface area contributed by atoms with Crippen molar-refractivity contribution in [1.82, 2.24) is 9.88 Å². The van der Waals surface area contributed by atoms with Gasteiger partial charge in [-0.25, -0.2) is 13.8 Å². The molecule has 0 saturated carbocycles. The van der Waals surface area contributed by atoms with Gasteiger partial charge in [-0.3, -0.25) is 9.79 Å². The Bertz CT molecular complexity index is 1130. The van der Waals surface area contributed by atoms with Crippen LogP contribution >= 0.6 is 0 Å². The molecule has 1 fully saturated rings. The number of aryl methyl sites for hydroxylation is 1. The molecule has 11 heteroatoms. The van der Waals surface area contributed by atoms with Crippen LogP contribution in [-0.2, 0) is 11.0 Å². The fraction of sp³-hybridized carbons (Fsp3) is 0.400. The largest absolute Gasteiger partial charge is 0.417 e. The summed E-state index contributed by atoms with van der Waals surface area (Å²) < 4.78 is 67.4. The first-order valence-corrected chi connectivity index (χ1v) is 11.3. The lowest BCUT2D eigenvalue weighted by Gasteiger charge is -2.43. The fourth-order valence-corrected chi connectivity index (χ4v) is 4.19. The number of hydrogen-bond acceptors (Lipinski definition) is 5. The second kappa shape index (κ2) is 10.6. The average Bonchev–Trinajstić information content (AvgIpc) is 2.80. The van der Waals surface area contributed by atoms with Gasteiger partial charge in [0, 0.05) is 38.0 Å². The van der Waals surface area contributed by atoms with Crippen LogP contribution in [0.5, 0.6) is 0 Å². The van der Waals surface area contributed by atoms with Crippen molar-refractivity contribution >= 4 is 23.5 Å². The highest BCUT2D eigenvalue weighted by atomic mass is 19.4. The number of nitrogens with zero attached hydrogens (tertiary/aromatic N) is 3. The Labute approximate surface area is 206 Å². The van der Waals surface area contributed by atoms with E-state index in [1.807, 2.05) is 19.1 Å². The summed E-state index contributed by atoms with van der Waals surface area (Å²) in [4.78, 5) is 22.2. The van der Waals surface area contributed by atoms with Crippen LogP contribution in [0.25, 0.3) is 5.57 Å². The highest BCUT2D eigenvalue weighted by Gasteiger charge is 2.46. The molecule has 2 atom stereocenters. The average molecular weight is 510 g/mol. The Morgan fingerprint density at radius 3 is 2.47 bits per heavy atom. The van der Waals surface area contributed by atoms with Gasteiger partial charge >= 0.3 is 6.18 Å². The second-order valence-electron chi connectivity index (χ2n) is 8.93. The highest BCUT2D eigenvalue weighted by molar-refractivity contribution is 6.18. The molecule has 1 aromatic carbocycles. The quantitative estimate of drug-likeness (QED) is 0.334. The van der Waals surface area contributed by atoms with Crippen molar-refractivity contribution < 1.29 is 26.7 Å². The predicted molar refractivity (Wildman–Crippen MR) is 129 cm³/mol. The zero-order chi connectivity index (χ0) is 26.7. The lowest BCUT2D eigenvalue weighted by Crippen LogP contribution is -2.58. The standard InChI is InChI=1S/C25H28F5N5O/c1-15-4-6-17(7-5-15)19(12-32-3)22(31)23(36)35-14-24(26,27)10-16(2)20(35)13-34-21-9-8-18(11-33-21)25(28,29)30/h4-9,11-12,16,20H,10,13-14,31H2,1-3H3,(H,33,34)/t16-,20?/m1/s1. The molecule has 1 aliphatic heterocycles. The van der Waals surface area contributed by atoms with E-state index in [-0.39, 0.29) is 18.1 Å². The van der Waals surface area contributed by atoms with Crippen LogP contribution in [0, 0.1) is 12.8 Å². The molecule has 1 saturated heterocycles. The summed E-state index contributed by atoms with van der Waals surface area (Å²) in [5, 5.41) is 2.87. The zero-order valence-electron chi connectivity index (χ0n) is 20.1. The van der Waals surface area contributed by atoms with E-state index in [1.54, 1.807) is 19.1 Å². The SMILES string of the molecule is CN=CC(=C(N)C(=O)N1CC(F)(F)C[C@@H](C)C1CNc1ccc(C(F)(F)F)cn1)c1ccc(C)cc1. The van der Waals surface area contributed by atoms with Gasteiger partial charge < -0.3 is 16.0 Å². The molecule has 1 aliphatic rings. The molecule has 2 aromatic rings. The molecular formula is C25H28F5N5O. The molecule has 3 N–H and O–H groups in total. The van der Waals surface area contributed by atoms with Crippen LogP contribution in [0.3, 0.4) is 0 Å². The van der Waals surface area contributed by atoms with Gasteiger partial charge in [-0.15, -0.1) is 0 Å². The minimum Gasteiger partial charge on any atom is -0.394 e. The topological polar surface area (TPSA) is 83.6 Å². The van der Waals surface area contributed by atoms with Gasteiger partial charge in [-0.1, -0.05) is 36.8 Å². The Kier molecular flexibility index (Phi) is 8.00. The van der Waals surface area contributed by atoms with Crippen molar-refractivity contribution in [3.8, 4) is 0 Å². The summed E-state index contributed by atoms with van der Waals surface area (Å²) in [6, 6.07) is 8.49. The van der Waals surface area contributed by atoms with Crippen LogP contribution in [0.2, 0.25) is 0 Å². The van der Waals surface area contributed by atoms with Crippen molar-refractivity contribution in [1.29, 1.82) is 0 Å². The van der Waals surface area contributed by atoms with Crippen LogP contribution in [0.4, 0.5) is 27.8 Å². The molecule has 1 unspecified atom stereocenters. The van der Waals surface area contributed by atoms with E-state index in [2.05, 4.69) is 15.3 Å². The maximum absolute atomic E-state index is 14.5. The Hall–Kier alpha value is -3.50. The molecule has 3 rings (SSSR count). The van der Waals surface area contributed by atoms with Gasteiger partial charge in [-0.2, -0.15) is 13.2 Å². The lowest BCUT2D eigenvalue weighted by atomic mass is 9.88. The number of carbonyl (C=O) groups is 1. The summed E-state index contributed by atoms with van der Waals surface area (Å²) in [6.07, 6.45) is -2.89. The molecule has 0 radical (unpaired) electrons. The first-order valence-electron chi connectivity index (χ1n) is 11.3. The number of nitrogens with two attached hydrogens (primary N) is 1. The lowest BCUT2D eigenvalue weighted by molar-refractivity contribution is -0.148. The molecule has 1 amide bonds. The van der Waals surface area contributed by atoms with E-state index < -0.39 is 48.5 Å². The molecule has 0 bridgehead atoms. The third kappa shape index (κ3) is 6.38. The van der Waals surface area contributed by atoms with Gasteiger partial charge in [0.25, 0.3) is 11.8 Å². The predicted octanol–water partition coefficient (Wildman–Crippen LogP) is 4.76. The first kappa shape index (κ1) is 27.1. The van der Waals surface area contributed by atoms with Gasteiger partial charge in [0.1, 0.15) is 11.5 Å².